The van der Waals surface area contributed by atoms with Gasteiger partial charge in [0, 0.05) is 13.0 Å². The first kappa shape index (κ1) is 13.2. The van der Waals surface area contributed by atoms with Gasteiger partial charge in [0.25, 0.3) is 0 Å². The standard InChI is InChI=1S/C13H17N5O/c14-12(10-5-2-1-3-6-10)13(19)15-8-4-7-11-16-9-17-18-11/h1-3,5-6,9,12H,4,7-8,14H2,(H,15,19)(H,16,17,18)/t12-/m1/s1. The summed E-state index contributed by atoms with van der Waals surface area (Å²) in [5.74, 6) is 0.658. The number of hydrogen-bond acceptors (Lipinski definition) is 4. The van der Waals surface area contributed by atoms with Gasteiger partial charge in [0.15, 0.2) is 0 Å². The molecule has 6 heteroatoms. The third kappa shape index (κ3) is 3.89. The van der Waals surface area contributed by atoms with Crippen LogP contribution in [0.1, 0.15) is 23.9 Å². The van der Waals surface area contributed by atoms with Crippen molar-refractivity contribution in [2.45, 2.75) is 18.9 Å². The fourth-order valence-corrected chi connectivity index (χ4v) is 1.74. The lowest BCUT2D eigenvalue weighted by Gasteiger charge is -2.12. The molecule has 0 aliphatic heterocycles. The van der Waals surface area contributed by atoms with Gasteiger partial charge >= 0.3 is 0 Å². The van der Waals surface area contributed by atoms with E-state index >= 15 is 0 Å². The van der Waals surface area contributed by atoms with Crippen LogP contribution < -0.4 is 11.1 Å². The van der Waals surface area contributed by atoms with Gasteiger partial charge in [0.2, 0.25) is 5.91 Å². The molecule has 19 heavy (non-hydrogen) atoms. The highest BCUT2D eigenvalue weighted by molar-refractivity contribution is 5.82. The lowest BCUT2D eigenvalue weighted by Crippen LogP contribution is -2.34. The molecular weight excluding hydrogens is 242 g/mol. The maximum absolute atomic E-state index is 11.8. The molecule has 2 aromatic rings. The molecule has 0 bridgehead atoms. The summed E-state index contributed by atoms with van der Waals surface area (Å²) in [6.07, 6.45) is 3.02. The first-order chi connectivity index (χ1) is 9.27. The summed E-state index contributed by atoms with van der Waals surface area (Å²) in [4.78, 5) is 15.8. The highest BCUT2D eigenvalue weighted by Gasteiger charge is 2.14. The first-order valence-corrected chi connectivity index (χ1v) is 6.20. The molecular formula is C13H17N5O. The van der Waals surface area contributed by atoms with Crippen LogP contribution in [0.15, 0.2) is 36.7 Å². The van der Waals surface area contributed by atoms with Gasteiger partial charge in [-0.2, -0.15) is 5.10 Å². The van der Waals surface area contributed by atoms with Gasteiger partial charge in [-0.25, -0.2) is 4.98 Å². The third-order valence-corrected chi connectivity index (χ3v) is 2.80. The summed E-state index contributed by atoms with van der Waals surface area (Å²) in [7, 11) is 0. The molecule has 1 amide bonds. The highest BCUT2D eigenvalue weighted by Crippen LogP contribution is 2.09. The molecule has 0 saturated heterocycles. The average molecular weight is 259 g/mol. The van der Waals surface area contributed by atoms with Gasteiger partial charge in [-0.05, 0) is 12.0 Å². The van der Waals surface area contributed by atoms with Crippen LogP contribution in [0.4, 0.5) is 0 Å². The van der Waals surface area contributed by atoms with E-state index in [1.54, 1.807) is 0 Å². The van der Waals surface area contributed by atoms with Gasteiger partial charge < -0.3 is 11.1 Å². The number of nitrogens with two attached hydrogens (primary N) is 1. The molecule has 0 aliphatic carbocycles. The molecule has 1 heterocycles. The summed E-state index contributed by atoms with van der Waals surface area (Å²) in [5, 5.41) is 9.35. The minimum atomic E-state index is -0.619. The van der Waals surface area contributed by atoms with E-state index in [9.17, 15) is 4.79 Å². The van der Waals surface area contributed by atoms with Crippen molar-refractivity contribution in [1.82, 2.24) is 20.5 Å². The second-order valence-electron chi connectivity index (χ2n) is 4.22. The number of carbonyl (C=O) groups excluding carboxylic acids is 1. The highest BCUT2D eigenvalue weighted by atomic mass is 16.2. The number of nitrogens with zero attached hydrogens (tertiary/aromatic N) is 2. The summed E-state index contributed by atoms with van der Waals surface area (Å²) in [6.45, 7) is 0.570. The summed E-state index contributed by atoms with van der Waals surface area (Å²) >= 11 is 0. The van der Waals surface area contributed by atoms with E-state index in [0.29, 0.717) is 6.54 Å². The van der Waals surface area contributed by atoms with Gasteiger partial charge in [-0.15, -0.1) is 0 Å². The van der Waals surface area contributed by atoms with E-state index in [0.717, 1.165) is 24.2 Å². The predicted octanol–water partition coefficient (Wildman–Crippen LogP) is 0.554. The second kappa shape index (κ2) is 6.65. The Bertz CT molecular complexity index is 497. The van der Waals surface area contributed by atoms with E-state index in [1.165, 1.54) is 6.33 Å². The predicted molar refractivity (Wildman–Crippen MR) is 71.1 cm³/mol. The van der Waals surface area contributed by atoms with Crippen LogP contribution >= 0.6 is 0 Å². The Morgan fingerprint density at radius 3 is 2.84 bits per heavy atom. The molecule has 1 aromatic carbocycles. The molecule has 0 aliphatic rings. The number of aryl methyl sites for hydroxylation is 1. The number of nitrogens with one attached hydrogen (secondary N) is 2. The van der Waals surface area contributed by atoms with Crippen molar-refractivity contribution in [3.63, 3.8) is 0 Å². The Balaban J connectivity index is 1.72. The molecule has 1 aromatic heterocycles. The zero-order chi connectivity index (χ0) is 13.5. The van der Waals surface area contributed by atoms with Crippen LogP contribution in [0.2, 0.25) is 0 Å². The number of benzene rings is 1. The van der Waals surface area contributed by atoms with Crippen LogP contribution in [-0.2, 0) is 11.2 Å². The van der Waals surface area contributed by atoms with Crippen LogP contribution in [0.25, 0.3) is 0 Å². The maximum atomic E-state index is 11.8. The summed E-state index contributed by atoms with van der Waals surface area (Å²) in [6, 6.07) is 8.70. The van der Waals surface area contributed by atoms with Crippen molar-refractivity contribution in [3.05, 3.63) is 48.0 Å². The van der Waals surface area contributed by atoms with Crippen LogP contribution in [0, 0.1) is 0 Å². The van der Waals surface area contributed by atoms with E-state index in [2.05, 4.69) is 20.5 Å². The van der Waals surface area contributed by atoms with Gasteiger partial charge in [-0.1, -0.05) is 30.3 Å². The molecule has 4 N–H and O–H groups in total. The average Bonchev–Trinajstić information content (AvgIpc) is 2.96. The Morgan fingerprint density at radius 1 is 1.37 bits per heavy atom. The van der Waals surface area contributed by atoms with Gasteiger partial charge in [-0.3, -0.25) is 9.89 Å². The minimum absolute atomic E-state index is 0.163. The molecule has 1 atom stereocenters. The maximum Gasteiger partial charge on any atom is 0.241 e. The van der Waals surface area contributed by atoms with Crippen LogP contribution in [0.5, 0.6) is 0 Å². The SMILES string of the molecule is N[C@@H](C(=O)NCCCc1ncn[nH]1)c1ccccc1. The monoisotopic (exact) mass is 259 g/mol. The molecule has 6 nitrogen and oxygen atoms in total. The van der Waals surface area contributed by atoms with E-state index in [1.807, 2.05) is 30.3 Å². The van der Waals surface area contributed by atoms with Crippen molar-refractivity contribution in [3.8, 4) is 0 Å². The molecule has 0 fully saturated rings. The molecule has 0 unspecified atom stereocenters. The first-order valence-electron chi connectivity index (χ1n) is 6.20. The van der Waals surface area contributed by atoms with E-state index < -0.39 is 6.04 Å². The number of rotatable bonds is 6. The smallest absolute Gasteiger partial charge is 0.241 e. The number of aromatic nitrogens is 3. The van der Waals surface area contributed by atoms with Crippen molar-refractivity contribution < 1.29 is 4.79 Å². The van der Waals surface area contributed by atoms with Crippen LogP contribution in [-0.4, -0.2) is 27.6 Å². The molecule has 0 saturated carbocycles. The van der Waals surface area contributed by atoms with Crippen molar-refractivity contribution in [2.24, 2.45) is 5.73 Å². The normalized spacial score (nSPS) is 12.1. The van der Waals surface area contributed by atoms with Crippen LogP contribution in [0.3, 0.4) is 0 Å². The fourth-order valence-electron chi connectivity index (χ4n) is 1.74. The zero-order valence-corrected chi connectivity index (χ0v) is 10.5. The van der Waals surface area contributed by atoms with E-state index in [-0.39, 0.29) is 5.91 Å². The number of amides is 1. The molecule has 2 rings (SSSR count). The lowest BCUT2D eigenvalue weighted by molar-refractivity contribution is -0.122. The number of hydrogen-bond donors (Lipinski definition) is 3. The zero-order valence-electron chi connectivity index (χ0n) is 10.5. The Hall–Kier alpha value is -2.21. The fraction of sp³-hybridized carbons (Fsp3) is 0.308. The molecule has 100 valence electrons. The summed E-state index contributed by atoms with van der Waals surface area (Å²) in [5.41, 5.74) is 6.69. The number of aromatic amines is 1. The number of H-pyrrole nitrogens is 1. The Morgan fingerprint density at radius 2 is 2.16 bits per heavy atom. The van der Waals surface area contributed by atoms with Crippen molar-refractivity contribution in [1.29, 1.82) is 0 Å². The largest absolute Gasteiger partial charge is 0.354 e. The Kier molecular flexibility index (Phi) is 4.63. The van der Waals surface area contributed by atoms with E-state index in [4.69, 9.17) is 5.73 Å². The van der Waals surface area contributed by atoms with Crippen molar-refractivity contribution >= 4 is 5.91 Å². The minimum Gasteiger partial charge on any atom is -0.354 e. The third-order valence-electron chi connectivity index (χ3n) is 2.80. The quantitative estimate of drug-likeness (QED) is 0.660. The van der Waals surface area contributed by atoms with Gasteiger partial charge in [0.1, 0.15) is 18.2 Å². The second-order valence-corrected chi connectivity index (χ2v) is 4.22. The van der Waals surface area contributed by atoms with Gasteiger partial charge in [0.05, 0.1) is 0 Å². The lowest BCUT2D eigenvalue weighted by atomic mass is 10.1. The van der Waals surface area contributed by atoms with Crippen molar-refractivity contribution in [2.75, 3.05) is 6.54 Å². The topological polar surface area (TPSA) is 96.7 Å². The molecule has 0 radical (unpaired) electrons. The number of carbonyl (C=O) groups is 1. The Labute approximate surface area is 111 Å². The summed E-state index contributed by atoms with van der Waals surface area (Å²) < 4.78 is 0. The molecule has 0 spiro atoms.